The van der Waals surface area contributed by atoms with Crippen molar-refractivity contribution in [3.63, 3.8) is 0 Å². The van der Waals surface area contributed by atoms with E-state index in [0.29, 0.717) is 45.4 Å². The Balaban J connectivity index is 1.44. The largest absolute Gasteiger partial charge is 0.444 e. The highest BCUT2D eigenvalue weighted by Crippen LogP contribution is 2.25. The van der Waals surface area contributed by atoms with Crippen LogP contribution in [-0.4, -0.2) is 70.9 Å². The van der Waals surface area contributed by atoms with E-state index in [1.807, 2.05) is 52.0 Å². The number of carbonyl (C=O) groups excluding carboxylic acids is 4. The van der Waals surface area contributed by atoms with Crippen LogP contribution in [0.15, 0.2) is 24.3 Å². The molecular weight excluding hydrogens is 460 g/mol. The monoisotopic (exact) mass is 500 g/mol. The van der Waals surface area contributed by atoms with Crippen LogP contribution in [0.4, 0.5) is 4.79 Å². The summed E-state index contributed by atoms with van der Waals surface area (Å²) in [6, 6.07) is 6.75. The molecule has 0 aromatic heterocycles. The minimum absolute atomic E-state index is 0.0823. The van der Waals surface area contributed by atoms with Gasteiger partial charge in [-0.05, 0) is 65.9 Å². The summed E-state index contributed by atoms with van der Waals surface area (Å²) in [4.78, 5) is 54.2. The van der Waals surface area contributed by atoms with Gasteiger partial charge in [-0.1, -0.05) is 29.8 Å². The van der Waals surface area contributed by atoms with Crippen molar-refractivity contribution in [3.8, 4) is 0 Å². The minimum Gasteiger partial charge on any atom is -0.444 e. The average Bonchev–Trinajstić information content (AvgIpc) is 3.32. The Morgan fingerprint density at radius 3 is 2.28 bits per heavy atom. The maximum Gasteiger partial charge on any atom is 0.410 e. The Labute approximate surface area is 213 Å². The molecule has 0 radical (unpaired) electrons. The lowest BCUT2D eigenvalue weighted by molar-refractivity contribution is -0.139. The number of amides is 4. The molecule has 36 heavy (non-hydrogen) atoms. The van der Waals surface area contributed by atoms with Crippen molar-refractivity contribution in [1.29, 1.82) is 0 Å². The molecule has 2 heterocycles. The van der Waals surface area contributed by atoms with Gasteiger partial charge in [-0.3, -0.25) is 19.3 Å². The van der Waals surface area contributed by atoms with Gasteiger partial charge in [0.05, 0.1) is 0 Å². The van der Waals surface area contributed by atoms with Gasteiger partial charge in [-0.15, -0.1) is 0 Å². The standard InChI is InChI=1S/C27H40N4O5/c1-18-8-10-20(11-9-18)17-28-23(32)19(2)29-24(33)21-12-15-30(16-13-21)25(34)22-7-6-14-31(22)26(35)36-27(3,4)5/h8-11,19,21-22H,6-7,12-17H2,1-5H3,(H,28,32)(H,29,33)/t19-,22+/m0/s1. The fraction of sp³-hybridized carbons (Fsp3) is 0.630. The van der Waals surface area contributed by atoms with Crippen LogP contribution < -0.4 is 10.6 Å². The summed E-state index contributed by atoms with van der Waals surface area (Å²) in [5.74, 6) is -0.746. The second kappa shape index (κ2) is 11.8. The number of piperidine rings is 1. The van der Waals surface area contributed by atoms with E-state index in [-0.39, 0.29) is 23.6 Å². The molecular formula is C27H40N4O5. The average molecular weight is 501 g/mol. The number of ether oxygens (including phenoxy) is 1. The lowest BCUT2D eigenvalue weighted by Crippen LogP contribution is -2.52. The van der Waals surface area contributed by atoms with Crippen LogP contribution in [0, 0.1) is 12.8 Å². The molecule has 2 fully saturated rings. The lowest BCUT2D eigenvalue weighted by atomic mass is 9.95. The van der Waals surface area contributed by atoms with E-state index in [1.54, 1.807) is 11.8 Å². The van der Waals surface area contributed by atoms with Gasteiger partial charge in [-0.2, -0.15) is 0 Å². The molecule has 0 aliphatic carbocycles. The third kappa shape index (κ3) is 7.45. The highest BCUT2D eigenvalue weighted by Gasteiger charge is 2.40. The Morgan fingerprint density at radius 2 is 1.67 bits per heavy atom. The Hall–Kier alpha value is -3.10. The normalized spacial score (nSPS) is 19.5. The van der Waals surface area contributed by atoms with Crippen LogP contribution in [0.25, 0.3) is 0 Å². The van der Waals surface area contributed by atoms with Crippen LogP contribution in [0.2, 0.25) is 0 Å². The highest BCUT2D eigenvalue weighted by molar-refractivity contribution is 5.89. The predicted molar refractivity (Wildman–Crippen MR) is 136 cm³/mol. The quantitative estimate of drug-likeness (QED) is 0.625. The Morgan fingerprint density at radius 1 is 1.03 bits per heavy atom. The maximum absolute atomic E-state index is 13.2. The fourth-order valence-electron chi connectivity index (χ4n) is 4.58. The molecule has 9 nitrogen and oxygen atoms in total. The summed E-state index contributed by atoms with van der Waals surface area (Å²) < 4.78 is 5.47. The summed E-state index contributed by atoms with van der Waals surface area (Å²) in [5.41, 5.74) is 1.53. The molecule has 2 N–H and O–H groups in total. The number of rotatable bonds is 6. The summed E-state index contributed by atoms with van der Waals surface area (Å²) in [5, 5.41) is 5.67. The van der Waals surface area contributed by atoms with Crippen LogP contribution in [0.3, 0.4) is 0 Å². The second-order valence-electron chi connectivity index (χ2n) is 10.9. The number of likely N-dealkylation sites (tertiary alicyclic amines) is 2. The molecule has 2 saturated heterocycles. The first kappa shape index (κ1) is 27.5. The number of aryl methyl sites for hydroxylation is 1. The van der Waals surface area contributed by atoms with Crippen LogP contribution in [0.5, 0.6) is 0 Å². The van der Waals surface area contributed by atoms with E-state index in [2.05, 4.69) is 10.6 Å². The molecule has 198 valence electrons. The van der Waals surface area contributed by atoms with E-state index in [9.17, 15) is 19.2 Å². The molecule has 2 atom stereocenters. The Kier molecular flexibility index (Phi) is 8.98. The number of hydrogen-bond donors (Lipinski definition) is 2. The molecule has 1 aromatic rings. The van der Waals surface area contributed by atoms with Gasteiger partial charge < -0.3 is 20.3 Å². The van der Waals surface area contributed by atoms with Crippen molar-refractivity contribution in [2.75, 3.05) is 19.6 Å². The minimum atomic E-state index is -0.650. The third-order valence-electron chi connectivity index (χ3n) is 6.68. The summed E-state index contributed by atoms with van der Waals surface area (Å²) in [7, 11) is 0. The highest BCUT2D eigenvalue weighted by atomic mass is 16.6. The molecule has 0 unspecified atom stereocenters. The van der Waals surface area contributed by atoms with Gasteiger partial charge in [0, 0.05) is 32.1 Å². The topological polar surface area (TPSA) is 108 Å². The Bertz CT molecular complexity index is 948. The van der Waals surface area contributed by atoms with Gasteiger partial charge >= 0.3 is 6.09 Å². The number of nitrogens with zero attached hydrogens (tertiary/aromatic N) is 2. The number of benzene rings is 1. The zero-order valence-corrected chi connectivity index (χ0v) is 22.1. The van der Waals surface area contributed by atoms with Gasteiger partial charge in [0.2, 0.25) is 17.7 Å². The van der Waals surface area contributed by atoms with E-state index in [1.165, 1.54) is 4.90 Å². The first-order valence-corrected chi connectivity index (χ1v) is 12.9. The molecule has 9 heteroatoms. The summed E-state index contributed by atoms with van der Waals surface area (Å²) >= 11 is 0. The summed E-state index contributed by atoms with van der Waals surface area (Å²) in [6.45, 7) is 10.9. The van der Waals surface area contributed by atoms with E-state index in [4.69, 9.17) is 4.74 Å². The van der Waals surface area contributed by atoms with Gasteiger partial charge in [-0.25, -0.2) is 4.79 Å². The van der Waals surface area contributed by atoms with E-state index >= 15 is 0 Å². The van der Waals surface area contributed by atoms with Crippen molar-refractivity contribution in [2.24, 2.45) is 5.92 Å². The van der Waals surface area contributed by atoms with E-state index < -0.39 is 23.8 Å². The number of hydrogen-bond acceptors (Lipinski definition) is 5. The van der Waals surface area contributed by atoms with Crippen molar-refractivity contribution >= 4 is 23.8 Å². The second-order valence-corrected chi connectivity index (χ2v) is 10.9. The third-order valence-corrected chi connectivity index (χ3v) is 6.68. The molecule has 4 amide bonds. The van der Waals surface area contributed by atoms with Crippen molar-refractivity contribution in [3.05, 3.63) is 35.4 Å². The zero-order valence-electron chi connectivity index (χ0n) is 22.1. The van der Waals surface area contributed by atoms with Crippen LogP contribution in [0.1, 0.15) is 64.5 Å². The zero-order chi connectivity index (χ0) is 26.5. The van der Waals surface area contributed by atoms with Crippen molar-refractivity contribution < 1.29 is 23.9 Å². The van der Waals surface area contributed by atoms with Crippen molar-refractivity contribution in [1.82, 2.24) is 20.4 Å². The van der Waals surface area contributed by atoms with Gasteiger partial charge in [0.1, 0.15) is 17.7 Å². The molecule has 2 aliphatic rings. The molecule has 3 rings (SSSR count). The SMILES string of the molecule is Cc1ccc(CNC(=O)[C@H](C)NC(=O)C2CCN(C(=O)[C@H]3CCCN3C(=O)OC(C)(C)C)CC2)cc1. The fourth-order valence-corrected chi connectivity index (χ4v) is 4.58. The molecule has 2 aliphatic heterocycles. The number of carbonyl (C=O) groups is 4. The van der Waals surface area contributed by atoms with E-state index in [0.717, 1.165) is 17.5 Å². The predicted octanol–water partition coefficient (Wildman–Crippen LogP) is 2.75. The maximum atomic E-state index is 13.2. The van der Waals surface area contributed by atoms with Crippen molar-refractivity contribution in [2.45, 2.75) is 84.5 Å². The smallest absolute Gasteiger partial charge is 0.410 e. The first-order valence-electron chi connectivity index (χ1n) is 12.9. The van der Waals surface area contributed by atoms with Crippen LogP contribution in [-0.2, 0) is 25.7 Å². The summed E-state index contributed by atoms with van der Waals surface area (Å²) in [6.07, 6.45) is 1.97. The molecule has 0 saturated carbocycles. The molecule has 0 bridgehead atoms. The molecule has 1 aromatic carbocycles. The van der Waals surface area contributed by atoms with Crippen LogP contribution >= 0.6 is 0 Å². The first-order chi connectivity index (χ1) is 16.9. The lowest BCUT2D eigenvalue weighted by Gasteiger charge is -2.35. The van der Waals surface area contributed by atoms with Gasteiger partial charge in [0.25, 0.3) is 0 Å². The number of nitrogens with one attached hydrogen (secondary N) is 2. The molecule has 0 spiro atoms. The van der Waals surface area contributed by atoms with Gasteiger partial charge in [0.15, 0.2) is 0 Å².